The molecule has 3 N–H and O–H groups in total. The topological polar surface area (TPSA) is 73.4 Å². The lowest BCUT2D eigenvalue weighted by Crippen LogP contribution is -2.49. The average molecular weight is 314 g/mol. The number of hydrogen-bond donors (Lipinski definition) is 2. The molecule has 1 amide bonds. The van der Waals surface area contributed by atoms with Crippen LogP contribution in [0.5, 0.6) is 0 Å². The van der Waals surface area contributed by atoms with Gasteiger partial charge in [0.2, 0.25) is 5.96 Å². The lowest BCUT2D eigenvalue weighted by atomic mass is 10.2. The number of halogens is 3. The van der Waals surface area contributed by atoms with Crippen molar-refractivity contribution in [2.45, 2.75) is 0 Å². The maximum absolute atomic E-state index is 12.0. The van der Waals surface area contributed by atoms with Crippen LogP contribution in [0.2, 0.25) is 5.02 Å². The summed E-state index contributed by atoms with van der Waals surface area (Å²) in [6, 6.07) is 6.49. The van der Waals surface area contributed by atoms with Gasteiger partial charge in [-0.3, -0.25) is 10.2 Å². The molecule has 0 heterocycles. The van der Waals surface area contributed by atoms with Gasteiger partial charge in [0.25, 0.3) is 5.91 Å². The van der Waals surface area contributed by atoms with Gasteiger partial charge in [-0.1, -0.05) is 17.7 Å². The van der Waals surface area contributed by atoms with Gasteiger partial charge in [0.1, 0.15) is 0 Å². The molecule has 0 radical (unpaired) electrons. The number of hydrogen-bond acceptors (Lipinski definition) is 3. The Kier molecular flexibility index (Phi) is 8.76. The summed E-state index contributed by atoms with van der Waals surface area (Å²) in [5.74, 6) is -0.727. The Labute approximate surface area is 123 Å². The Morgan fingerprint density at radius 2 is 1.89 bits per heavy atom. The second kappa shape index (κ2) is 8.16. The molecule has 0 saturated carbocycles. The number of carbonyl (C=O) groups is 1. The summed E-state index contributed by atoms with van der Waals surface area (Å²) in [6.45, 7) is 0. The Bertz CT molecular complexity index is 425. The number of carbonyl (C=O) groups excluding carboxylic acids is 1. The first-order chi connectivity index (χ1) is 7.43. The highest BCUT2D eigenvalue weighted by molar-refractivity contribution is 6.31. The highest BCUT2D eigenvalue weighted by Gasteiger charge is 2.20. The summed E-state index contributed by atoms with van der Waals surface area (Å²) in [5, 5.41) is 10.3. The predicted molar refractivity (Wildman–Crippen MR) is 77.7 cm³/mol. The molecule has 0 aliphatic heterocycles. The van der Waals surface area contributed by atoms with Crippen molar-refractivity contribution in [1.82, 2.24) is 10.0 Å². The quantitative estimate of drug-likeness (QED) is 0.498. The zero-order valence-electron chi connectivity index (χ0n) is 9.88. The molecule has 8 heteroatoms. The normalized spacial score (nSPS) is 9.11. The molecule has 1 aromatic carbocycles. The van der Waals surface area contributed by atoms with Gasteiger partial charge >= 0.3 is 0 Å². The van der Waals surface area contributed by atoms with E-state index < -0.39 is 0 Å². The van der Waals surface area contributed by atoms with E-state index in [1.807, 2.05) is 0 Å². The van der Waals surface area contributed by atoms with Crippen LogP contribution in [0.1, 0.15) is 10.4 Å². The van der Waals surface area contributed by atoms with Crippen LogP contribution in [-0.4, -0.2) is 36.0 Å². The first kappa shape index (κ1) is 19.3. The van der Waals surface area contributed by atoms with Crippen molar-refractivity contribution in [3.63, 3.8) is 0 Å². The largest absolute Gasteiger partial charge is 0.369 e. The Morgan fingerprint density at radius 3 is 2.28 bits per heavy atom. The summed E-state index contributed by atoms with van der Waals surface area (Å²) in [7, 11) is 3.26. The minimum Gasteiger partial charge on any atom is -0.369 e. The molecule has 0 bridgehead atoms. The third kappa shape index (κ3) is 4.70. The van der Waals surface area contributed by atoms with E-state index in [1.54, 1.807) is 32.3 Å². The van der Waals surface area contributed by atoms with E-state index in [-0.39, 0.29) is 36.7 Å². The van der Waals surface area contributed by atoms with Crippen LogP contribution in [0.15, 0.2) is 24.3 Å². The number of nitrogens with one attached hydrogen (secondary N) is 1. The summed E-state index contributed by atoms with van der Waals surface area (Å²) in [5.41, 5.74) is 5.71. The van der Waals surface area contributed by atoms with Crippen LogP contribution in [0.3, 0.4) is 0 Å². The second-order valence-corrected chi connectivity index (χ2v) is 3.80. The standard InChI is InChI=1S/C10H13ClN4O.2ClH/c1-14(2)15(10(12)13)9(16)7-4-3-5-8(11)6-7;;/h3-6H,1-2H3,(H3,12,13);2*1H. The van der Waals surface area contributed by atoms with Crippen LogP contribution in [0, 0.1) is 5.41 Å². The minimum absolute atomic E-state index is 0. The van der Waals surface area contributed by atoms with Crippen molar-refractivity contribution >= 4 is 48.3 Å². The van der Waals surface area contributed by atoms with Crippen molar-refractivity contribution in [3.05, 3.63) is 34.9 Å². The van der Waals surface area contributed by atoms with Crippen molar-refractivity contribution in [3.8, 4) is 0 Å². The molecule has 1 aromatic rings. The fraction of sp³-hybridized carbons (Fsp3) is 0.200. The molecule has 0 aromatic heterocycles. The van der Waals surface area contributed by atoms with E-state index >= 15 is 0 Å². The van der Waals surface area contributed by atoms with Gasteiger partial charge in [0, 0.05) is 24.7 Å². The van der Waals surface area contributed by atoms with E-state index in [2.05, 4.69) is 0 Å². The van der Waals surface area contributed by atoms with Crippen LogP contribution < -0.4 is 5.73 Å². The van der Waals surface area contributed by atoms with E-state index in [1.165, 1.54) is 11.1 Å². The summed E-state index contributed by atoms with van der Waals surface area (Å²) < 4.78 is 0. The van der Waals surface area contributed by atoms with Gasteiger partial charge in [-0.25, -0.2) is 10.0 Å². The summed E-state index contributed by atoms with van der Waals surface area (Å²) in [4.78, 5) is 12.0. The van der Waals surface area contributed by atoms with Gasteiger partial charge in [0.05, 0.1) is 0 Å². The fourth-order valence-corrected chi connectivity index (χ4v) is 1.44. The second-order valence-electron chi connectivity index (χ2n) is 3.36. The minimum atomic E-state index is -0.389. The molecule has 0 saturated heterocycles. The molecule has 5 nitrogen and oxygen atoms in total. The number of benzene rings is 1. The Hall–Kier alpha value is -1.01. The number of rotatable bonds is 2. The number of nitrogens with two attached hydrogens (primary N) is 1. The molecular weight excluding hydrogens is 298 g/mol. The molecule has 0 spiro atoms. The molecule has 18 heavy (non-hydrogen) atoms. The maximum atomic E-state index is 12.0. The molecule has 0 aliphatic rings. The molecule has 0 unspecified atom stereocenters. The number of guanidine groups is 1. The highest BCUT2D eigenvalue weighted by Crippen LogP contribution is 2.13. The summed E-state index contributed by atoms with van der Waals surface area (Å²) >= 11 is 5.78. The summed E-state index contributed by atoms with van der Waals surface area (Å²) in [6.07, 6.45) is 0. The van der Waals surface area contributed by atoms with Gasteiger partial charge < -0.3 is 5.73 Å². The molecular formula is C10H15Cl3N4O. The van der Waals surface area contributed by atoms with E-state index in [0.717, 1.165) is 5.01 Å². The number of hydrazine groups is 1. The molecule has 0 aliphatic carbocycles. The zero-order chi connectivity index (χ0) is 12.3. The van der Waals surface area contributed by atoms with Crippen molar-refractivity contribution in [2.75, 3.05) is 14.1 Å². The average Bonchev–Trinajstić information content (AvgIpc) is 2.16. The van der Waals surface area contributed by atoms with Gasteiger partial charge in [0.15, 0.2) is 0 Å². The lowest BCUT2D eigenvalue weighted by Gasteiger charge is -2.26. The number of nitrogens with zero attached hydrogens (tertiary/aromatic N) is 2. The van der Waals surface area contributed by atoms with Crippen LogP contribution in [0.25, 0.3) is 0 Å². The van der Waals surface area contributed by atoms with Crippen molar-refractivity contribution in [1.29, 1.82) is 5.41 Å². The monoisotopic (exact) mass is 312 g/mol. The first-order valence-corrected chi connectivity index (χ1v) is 4.92. The Morgan fingerprint density at radius 1 is 1.33 bits per heavy atom. The Balaban J connectivity index is 0. The highest BCUT2D eigenvalue weighted by atomic mass is 35.5. The third-order valence-electron chi connectivity index (χ3n) is 1.89. The zero-order valence-corrected chi connectivity index (χ0v) is 12.3. The van der Waals surface area contributed by atoms with E-state index in [0.29, 0.717) is 10.6 Å². The molecule has 1 rings (SSSR count). The molecule has 0 fully saturated rings. The predicted octanol–water partition coefficient (Wildman–Crippen LogP) is 2.00. The molecule has 102 valence electrons. The van der Waals surface area contributed by atoms with Crippen molar-refractivity contribution < 1.29 is 4.79 Å². The first-order valence-electron chi connectivity index (χ1n) is 4.54. The van der Waals surface area contributed by atoms with Crippen LogP contribution >= 0.6 is 36.4 Å². The van der Waals surface area contributed by atoms with Crippen molar-refractivity contribution in [2.24, 2.45) is 5.73 Å². The fourth-order valence-electron chi connectivity index (χ4n) is 1.25. The van der Waals surface area contributed by atoms with Gasteiger partial charge in [-0.15, -0.1) is 24.8 Å². The van der Waals surface area contributed by atoms with E-state index in [4.69, 9.17) is 22.7 Å². The van der Waals surface area contributed by atoms with Crippen LogP contribution in [0.4, 0.5) is 0 Å². The maximum Gasteiger partial charge on any atom is 0.275 e. The van der Waals surface area contributed by atoms with Crippen LogP contribution in [-0.2, 0) is 0 Å². The third-order valence-corrected chi connectivity index (χ3v) is 2.13. The lowest BCUT2D eigenvalue weighted by molar-refractivity contribution is 0.0524. The van der Waals surface area contributed by atoms with Gasteiger partial charge in [-0.2, -0.15) is 0 Å². The number of amides is 1. The smallest absolute Gasteiger partial charge is 0.275 e. The molecule has 0 atom stereocenters. The van der Waals surface area contributed by atoms with Gasteiger partial charge in [-0.05, 0) is 18.2 Å². The van der Waals surface area contributed by atoms with E-state index in [9.17, 15) is 4.79 Å². The SMILES string of the molecule is CN(C)N(C(=N)N)C(=O)c1cccc(Cl)c1.Cl.Cl.